The average molecular weight is 368 g/mol. The number of nitrogens with one attached hydrogen (secondary N) is 1. The molecule has 0 aliphatic heterocycles. The minimum absolute atomic E-state index is 0.137. The fourth-order valence-corrected chi connectivity index (χ4v) is 4.46. The van der Waals surface area contributed by atoms with Crippen LogP contribution in [0.5, 0.6) is 0 Å². The average Bonchev–Trinajstić information content (AvgIpc) is 3.16. The smallest absolute Gasteiger partial charge is 0.127 e. The summed E-state index contributed by atoms with van der Waals surface area (Å²) in [7, 11) is 0. The molecule has 1 saturated carbocycles. The maximum absolute atomic E-state index is 13.9. The molecule has 1 nitrogen and oxygen atoms in total. The molecule has 0 spiro atoms. The highest BCUT2D eigenvalue weighted by molar-refractivity contribution is 9.10. The summed E-state index contributed by atoms with van der Waals surface area (Å²) in [5, 5.41) is 5.72. The normalized spacial score (nSPS) is 17.2. The molecule has 0 bridgehead atoms. The molecule has 0 amide bonds. The van der Waals surface area contributed by atoms with Crippen molar-refractivity contribution >= 4 is 27.3 Å². The van der Waals surface area contributed by atoms with Crippen molar-refractivity contribution in [2.45, 2.75) is 38.3 Å². The number of rotatable bonds is 5. The monoisotopic (exact) mass is 367 g/mol. The van der Waals surface area contributed by atoms with Crippen LogP contribution in [0.2, 0.25) is 0 Å². The molecule has 4 heteroatoms. The van der Waals surface area contributed by atoms with Crippen molar-refractivity contribution in [2.24, 2.45) is 5.92 Å². The minimum atomic E-state index is -0.137. The van der Waals surface area contributed by atoms with Gasteiger partial charge in [0.15, 0.2) is 0 Å². The second kappa shape index (κ2) is 7.03. The highest BCUT2D eigenvalue weighted by Gasteiger charge is 2.26. The van der Waals surface area contributed by atoms with E-state index in [1.54, 1.807) is 17.4 Å². The van der Waals surface area contributed by atoms with Gasteiger partial charge < -0.3 is 5.32 Å². The largest absolute Gasteiger partial charge is 0.305 e. The molecule has 1 fully saturated rings. The van der Waals surface area contributed by atoms with Gasteiger partial charge in [-0.1, -0.05) is 34.8 Å². The highest BCUT2D eigenvalue weighted by atomic mass is 79.9. The molecule has 1 aromatic carbocycles. The zero-order chi connectivity index (χ0) is 14.7. The summed E-state index contributed by atoms with van der Waals surface area (Å²) in [6, 6.07) is 9.78. The van der Waals surface area contributed by atoms with E-state index >= 15 is 0 Å². The van der Waals surface area contributed by atoms with Crippen LogP contribution in [0, 0.1) is 11.7 Å². The first-order valence-electron chi connectivity index (χ1n) is 7.45. The van der Waals surface area contributed by atoms with Crippen molar-refractivity contribution in [1.29, 1.82) is 0 Å². The maximum atomic E-state index is 13.9. The van der Waals surface area contributed by atoms with Gasteiger partial charge >= 0.3 is 0 Å². The van der Waals surface area contributed by atoms with Crippen LogP contribution in [0.3, 0.4) is 0 Å². The molecule has 1 heterocycles. The van der Waals surface area contributed by atoms with Crippen LogP contribution in [-0.4, -0.2) is 0 Å². The summed E-state index contributed by atoms with van der Waals surface area (Å²) in [6.45, 7) is 0.574. The lowest BCUT2D eigenvalue weighted by Crippen LogP contribution is -2.26. The van der Waals surface area contributed by atoms with Gasteiger partial charge in [-0.25, -0.2) is 4.39 Å². The Morgan fingerprint density at radius 3 is 2.81 bits per heavy atom. The van der Waals surface area contributed by atoms with Gasteiger partial charge in [0.1, 0.15) is 5.82 Å². The minimum Gasteiger partial charge on any atom is -0.305 e. The Balaban J connectivity index is 1.74. The summed E-state index contributed by atoms with van der Waals surface area (Å²) >= 11 is 5.21. The van der Waals surface area contributed by atoms with Crippen molar-refractivity contribution in [3.63, 3.8) is 0 Å². The Kier molecular flexibility index (Phi) is 5.09. The van der Waals surface area contributed by atoms with E-state index in [1.165, 1.54) is 36.6 Å². The Hall–Kier alpha value is -0.710. The maximum Gasteiger partial charge on any atom is 0.127 e. The molecule has 1 aliphatic rings. The predicted molar refractivity (Wildman–Crippen MR) is 90.0 cm³/mol. The van der Waals surface area contributed by atoms with Crippen LogP contribution >= 0.6 is 27.3 Å². The van der Waals surface area contributed by atoms with E-state index < -0.39 is 0 Å². The summed E-state index contributed by atoms with van der Waals surface area (Å²) in [6.07, 6.45) is 5.19. The fourth-order valence-electron chi connectivity index (χ4n) is 3.16. The molecule has 1 aromatic heterocycles. The summed E-state index contributed by atoms with van der Waals surface area (Å²) in [5.41, 5.74) is 0.726. The molecular formula is C17H19BrFNS. The first kappa shape index (κ1) is 15.2. The molecule has 112 valence electrons. The molecule has 0 radical (unpaired) electrons. The van der Waals surface area contributed by atoms with E-state index in [9.17, 15) is 4.39 Å². The van der Waals surface area contributed by atoms with E-state index in [4.69, 9.17) is 0 Å². The number of thiophene rings is 1. The van der Waals surface area contributed by atoms with Crippen LogP contribution in [0.25, 0.3) is 0 Å². The first-order chi connectivity index (χ1) is 10.2. The molecule has 1 unspecified atom stereocenters. The van der Waals surface area contributed by atoms with Gasteiger partial charge in [-0.15, -0.1) is 11.3 Å². The topological polar surface area (TPSA) is 12.0 Å². The van der Waals surface area contributed by atoms with E-state index in [0.717, 1.165) is 10.0 Å². The predicted octanol–water partition coefficient (Wildman–Crippen LogP) is 5.67. The zero-order valence-electron chi connectivity index (χ0n) is 11.8. The number of benzene rings is 1. The lowest BCUT2D eigenvalue weighted by Gasteiger charge is -2.24. The second-order valence-electron chi connectivity index (χ2n) is 5.65. The van der Waals surface area contributed by atoms with E-state index in [2.05, 4.69) is 38.8 Å². The Morgan fingerprint density at radius 1 is 1.29 bits per heavy atom. The molecule has 1 N–H and O–H groups in total. The highest BCUT2D eigenvalue weighted by Crippen LogP contribution is 2.37. The van der Waals surface area contributed by atoms with Gasteiger partial charge in [-0.2, -0.15) is 0 Å². The first-order valence-corrected chi connectivity index (χ1v) is 9.12. The van der Waals surface area contributed by atoms with Crippen LogP contribution in [0.4, 0.5) is 4.39 Å². The van der Waals surface area contributed by atoms with Crippen LogP contribution in [-0.2, 0) is 6.54 Å². The molecule has 0 saturated heterocycles. The van der Waals surface area contributed by atoms with Gasteiger partial charge in [-0.05, 0) is 48.4 Å². The van der Waals surface area contributed by atoms with E-state index in [1.807, 2.05) is 6.07 Å². The van der Waals surface area contributed by atoms with Gasteiger partial charge in [0.05, 0.1) is 0 Å². The SMILES string of the molecule is Fc1ccc(Br)cc1CNC(c1cccs1)C1CCCC1. The van der Waals surface area contributed by atoms with Crippen molar-refractivity contribution in [3.8, 4) is 0 Å². The van der Waals surface area contributed by atoms with Crippen LogP contribution in [0.15, 0.2) is 40.2 Å². The molecule has 2 aromatic rings. The molecule has 3 rings (SSSR count). The van der Waals surface area contributed by atoms with Gasteiger partial charge in [0, 0.05) is 27.5 Å². The molecular weight excluding hydrogens is 349 g/mol. The van der Waals surface area contributed by atoms with E-state index in [-0.39, 0.29) is 5.82 Å². The quantitative estimate of drug-likeness (QED) is 0.717. The third-order valence-electron chi connectivity index (χ3n) is 4.24. The summed E-state index contributed by atoms with van der Waals surface area (Å²) < 4.78 is 14.8. The third kappa shape index (κ3) is 3.74. The summed E-state index contributed by atoms with van der Waals surface area (Å²) in [5.74, 6) is 0.543. The van der Waals surface area contributed by atoms with Crippen molar-refractivity contribution in [2.75, 3.05) is 0 Å². The number of hydrogen-bond acceptors (Lipinski definition) is 2. The van der Waals surface area contributed by atoms with Crippen LogP contribution < -0.4 is 5.32 Å². The number of halogens is 2. The van der Waals surface area contributed by atoms with Crippen molar-refractivity contribution in [1.82, 2.24) is 5.32 Å². The van der Waals surface area contributed by atoms with Crippen molar-refractivity contribution < 1.29 is 4.39 Å². The molecule has 1 aliphatic carbocycles. The number of hydrogen-bond donors (Lipinski definition) is 1. The van der Waals surface area contributed by atoms with Crippen LogP contribution in [0.1, 0.15) is 42.2 Å². The lowest BCUT2D eigenvalue weighted by atomic mass is 9.96. The molecule has 21 heavy (non-hydrogen) atoms. The Labute approximate surface area is 137 Å². The van der Waals surface area contributed by atoms with Gasteiger partial charge in [-0.3, -0.25) is 0 Å². The zero-order valence-corrected chi connectivity index (χ0v) is 14.2. The Bertz CT molecular complexity index is 578. The molecule has 1 atom stereocenters. The second-order valence-corrected chi connectivity index (χ2v) is 7.55. The third-order valence-corrected chi connectivity index (χ3v) is 5.69. The standard InChI is InChI=1S/C17H19BrFNS/c18-14-7-8-15(19)13(10-14)11-20-17(12-4-1-2-5-12)16-6-3-9-21-16/h3,6-10,12,17,20H,1-2,4-5,11H2. The van der Waals surface area contributed by atoms with Crippen molar-refractivity contribution in [3.05, 3.63) is 56.4 Å². The van der Waals surface area contributed by atoms with Gasteiger partial charge in [0.25, 0.3) is 0 Å². The fraction of sp³-hybridized carbons (Fsp3) is 0.412. The van der Waals surface area contributed by atoms with Gasteiger partial charge in [0.2, 0.25) is 0 Å². The lowest BCUT2D eigenvalue weighted by molar-refractivity contribution is 0.368. The van der Waals surface area contributed by atoms with E-state index in [0.29, 0.717) is 18.5 Å². The summed E-state index contributed by atoms with van der Waals surface area (Å²) in [4.78, 5) is 1.37. The Morgan fingerprint density at radius 2 is 2.10 bits per heavy atom.